The summed E-state index contributed by atoms with van der Waals surface area (Å²) >= 11 is 0. The first-order chi connectivity index (χ1) is 19.8. The van der Waals surface area contributed by atoms with E-state index in [9.17, 15) is 14.7 Å². The second-order valence-electron chi connectivity index (χ2n) is 6.96. The van der Waals surface area contributed by atoms with Gasteiger partial charge in [0.1, 0.15) is 5.41 Å². The predicted molar refractivity (Wildman–Crippen MR) is 180 cm³/mol. The number of amides is 2. The summed E-state index contributed by atoms with van der Waals surface area (Å²) in [5.74, 6) is -1.20. The van der Waals surface area contributed by atoms with Crippen LogP contribution in [-0.4, -0.2) is 54.5 Å². The minimum absolute atomic E-state index is 0. The third-order valence-corrected chi connectivity index (χ3v) is 4.72. The van der Waals surface area contributed by atoms with Crippen LogP contribution in [0.25, 0.3) is 0 Å². The van der Waals surface area contributed by atoms with Gasteiger partial charge in [0.05, 0.1) is 19.2 Å². The van der Waals surface area contributed by atoms with Crippen molar-refractivity contribution < 1.29 is 59.2 Å². The Morgan fingerprint density at radius 1 is 0.786 bits per heavy atom. The van der Waals surface area contributed by atoms with Crippen LogP contribution in [0.2, 0.25) is 0 Å². The van der Waals surface area contributed by atoms with Crippen molar-refractivity contribution in [2.45, 2.75) is 79.6 Å². The fraction of sp³-hybridized carbons (Fsp3) is 0.545. The third kappa shape index (κ3) is 37.9. The number of aliphatic hydroxyl groups is 2. The van der Waals surface area contributed by atoms with Crippen molar-refractivity contribution in [3.63, 3.8) is 0 Å². The van der Waals surface area contributed by atoms with E-state index in [2.05, 4.69) is 103 Å². The van der Waals surface area contributed by atoms with Crippen molar-refractivity contribution in [3.8, 4) is 0 Å². The minimum Gasteiger partial charge on any atom is -0.846 e. The summed E-state index contributed by atoms with van der Waals surface area (Å²) < 4.78 is 5.31. The number of nitrogens with zero attached hydrogens (tertiary/aromatic N) is 1. The smallest absolute Gasteiger partial charge is 0.846 e. The number of carbonyl (C=O) groups excluding carboxylic acids is 2. The van der Waals surface area contributed by atoms with E-state index in [-0.39, 0.29) is 48.7 Å². The van der Waals surface area contributed by atoms with Crippen molar-refractivity contribution in [2.75, 3.05) is 26.4 Å². The zero-order valence-corrected chi connectivity index (χ0v) is 30.3. The number of hydrogen-bond acceptors (Lipinski definition) is 6. The number of nitrogens with one attached hydrogen (secondary N) is 1. The molecule has 0 saturated heterocycles. The first kappa shape index (κ1) is 63.3. The molecule has 0 aromatic rings. The second-order valence-corrected chi connectivity index (χ2v) is 6.96. The van der Waals surface area contributed by atoms with Gasteiger partial charge >= 0.3 is 29.6 Å². The molecule has 42 heavy (non-hydrogen) atoms. The van der Waals surface area contributed by atoms with E-state index in [0.29, 0.717) is 6.42 Å². The van der Waals surface area contributed by atoms with Crippen LogP contribution in [0.3, 0.4) is 0 Å². The number of aliphatic imine (C=N–C) groups is 1. The first-order valence-electron chi connectivity index (χ1n) is 13.7. The molecule has 0 saturated carbocycles. The fourth-order valence-corrected chi connectivity index (χ4v) is 2.89. The number of unbranched alkanes of at least 4 members (excludes halogenated alkanes) is 2. The second kappa shape index (κ2) is 62.5. The Hall–Kier alpha value is -2.07. The van der Waals surface area contributed by atoms with Crippen LogP contribution >= 0.6 is 0 Å². The molecule has 0 aliphatic carbocycles. The monoisotopic (exact) mass is 608 g/mol. The average Bonchev–Trinajstić information content (AvgIpc) is 3.04. The van der Waals surface area contributed by atoms with Crippen LogP contribution in [0, 0.1) is 11.3 Å². The average molecular weight is 609 g/mol. The van der Waals surface area contributed by atoms with Crippen LogP contribution in [0.4, 0.5) is 0 Å². The SMILES string of the molecule is C=C.C=C.C=C.C=C.C=C.C=C.CCCC(C)C1(CC)C(=O)N=C([O-])NC1=O.CCCCOCCCC.OCCO.[Na+]. The van der Waals surface area contributed by atoms with Gasteiger partial charge in [0.2, 0.25) is 5.91 Å². The molecule has 0 fully saturated rings. The van der Waals surface area contributed by atoms with E-state index in [1.54, 1.807) is 6.92 Å². The van der Waals surface area contributed by atoms with Gasteiger partial charge in [-0.1, -0.05) is 53.9 Å². The van der Waals surface area contributed by atoms with Gasteiger partial charge in [0.15, 0.2) is 0 Å². The minimum atomic E-state index is -1.15. The van der Waals surface area contributed by atoms with Gasteiger partial charge in [0, 0.05) is 13.2 Å². The van der Waals surface area contributed by atoms with Crippen LogP contribution < -0.4 is 40.0 Å². The number of ether oxygens (including phenoxy) is 1. The van der Waals surface area contributed by atoms with Gasteiger partial charge in [-0.15, -0.1) is 78.9 Å². The number of aliphatic hydroxyl groups excluding tert-OH is 2. The Bertz CT molecular complexity index is 541. The molecule has 1 aliphatic rings. The molecule has 0 aromatic carbocycles. The Balaban J connectivity index is -0.0000000512. The van der Waals surface area contributed by atoms with Gasteiger partial charge in [-0.2, -0.15) is 0 Å². The summed E-state index contributed by atoms with van der Waals surface area (Å²) in [4.78, 5) is 27.1. The summed E-state index contributed by atoms with van der Waals surface area (Å²) in [5, 5.41) is 28.3. The molecule has 0 spiro atoms. The molecule has 2 unspecified atom stereocenters. The van der Waals surface area contributed by atoms with E-state index in [0.717, 1.165) is 26.1 Å². The van der Waals surface area contributed by atoms with Crippen LogP contribution in [0.1, 0.15) is 79.6 Å². The molecule has 8 nitrogen and oxygen atoms in total. The van der Waals surface area contributed by atoms with Crippen molar-refractivity contribution in [2.24, 2.45) is 16.3 Å². The molecule has 1 aliphatic heterocycles. The number of hydrogen-bond donors (Lipinski definition) is 3. The third-order valence-electron chi connectivity index (χ3n) is 4.72. The van der Waals surface area contributed by atoms with Gasteiger partial charge in [-0.25, -0.2) is 4.99 Å². The van der Waals surface area contributed by atoms with E-state index in [1.807, 2.05) is 13.8 Å². The molecule has 3 N–H and O–H groups in total. The summed E-state index contributed by atoms with van der Waals surface area (Å²) in [6.45, 7) is 47.7. The number of amidine groups is 1. The molecule has 9 heteroatoms. The maximum Gasteiger partial charge on any atom is 1.00 e. The molecular weight excluding hydrogens is 543 g/mol. The standard InChI is InChI=1S/C11H18N2O3.C8H18O.C2H6O2.6C2H4.Na/c1-4-6-7(3)11(5-2)8(14)12-10(16)13-9(11)15;1-3-5-7-9-8-6-4-2;3-1-2-4;6*1-2;/h7H,4-6H2,1-3H3,(H2,12,13,14,15,16);3-8H2,1-2H3;3-4H,1-2H2;6*1-2H2;/q;;;;;;;;;+1/p-1. The fourth-order valence-electron chi connectivity index (χ4n) is 2.89. The Morgan fingerprint density at radius 3 is 1.38 bits per heavy atom. The van der Waals surface area contributed by atoms with Gasteiger partial charge in [-0.3, -0.25) is 9.59 Å². The van der Waals surface area contributed by atoms with Crippen LogP contribution in [-0.2, 0) is 14.3 Å². The van der Waals surface area contributed by atoms with Crippen molar-refractivity contribution in [1.82, 2.24) is 5.32 Å². The van der Waals surface area contributed by atoms with Gasteiger partial charge in [-0.05, 0) is 31.6 Å². The Morgan fingerprint density at radius 2 is 1.14 bits per heavy atom. The topological polar surface area (TPSA) is 131 Å². The first-order valence-corrected chi connectivity index (χ1v) is 13.7. The predicted octanol–water partition coefficient (Wildman–Crippen LogP) is 3.58. The maximum atomic E-state index is 11.9. The van der Waals surface area contributed by atoms with Crippen molar-refractivity contribution in [1.29, 1.82) is 0 Å². The number of rotatable bonds is 11. The van der Waals surface area contributed by atoms with Crippen molar-refractivity contribution >= 4 is 17.8 Å². The maximum absolute atomic E-state index is 11.9. The van der Waals surface area contributed by atoms with Crippen LogP contribution in [0.15, 0.2) is 83.9 Å². The normalized spacial score (nSPS) is 13.8. The molecule has 1 heterocycles. The number of carbonyl (C=O) groups is 2. The molecule has 244 valence electrons. The molecule has 1 rings (SSSR count). The Kier molecular flexibility index (Phi) is 94.2. The van der Waals surface area contributed by atoms with Gasteiger partial charge < -0.3 is 25.4 Å². The molecule has 2 atom stereocenters. The van der Waals surface area contributed by atoms with E-state index >= 15 is 0 Å². The van der Waals surface area contributed by atoms with Crippen LogP contribution in [0.5, 0.6) is 0 Å². The molecule has 0 bridgehead atoms. The summed E-state index contributed by atoms with van der Waals surface area (Å²) in [6.07, 6.45) is 6.93. The zero-order valence-electron chi connectivity index (χ0n) is 28.3. The summed E-state index contributed by atoms with van der Waals surface area (Å²) in [5.41, 5.74) is -1.15. The quantitative estimate of drug-likeness (QED) is 0.142. The zero-order chi connectivity index (χ0) is 34.7. The Labute approximate surface area is 282 Å². The summed E-state index contributed by atoms with van der Waals surface area (Å²) in [6, 6.07) is -0.845. The molecule has 2 amide bonds. The van der Waals surface area contributed by atoms with Gasteiger partial charge in [0.25, 0.3) is 5.91 Å². The molecule has 0 aromatic heterocycles. The van der Waals surface area contributed by atoms with E-state index in [4.69, 9.17) is 14.9 Å². The molecular formula is C33H65N2NaO6. The van der Waals surface area contributed by atoms with E-state index < -0.39 is 23.3 Å². The summed E-state index contributed by atoms with van der Waals surface area (Å²) in [7, 11) is 0. The molecule has 0 radical (unpaired) electrons. The largest absolute Gasteiger partial charge is 1.00 e. The van der Waals surface area contributed by atoms with Crippen molar-refractivity contribution in [3.05, 3.63) is 78.9 Å². The van der Waals surface area contributed by atoms with E-state index in [1.165, 1.54) is 25.7 Å².